The van der Waals surface area contributed by atoms with Gasteiger partial charge in [-0.2, -0.15) is 0 Å². The van der Waals surface area contributed by atoms with Crippen LogP contribution in [0.25, 0.3) is 0 Å². The molecule has 7 heteroatoms. The Labute approximate surface area is 141 Å². The molecule has 7 nitrogen and oxygen atoms in total. The van der Waals surface area contributed by atoms with Crippen molar-refractivity contribution in [3.05, 3.63) is 42.0 Å². The zero-order valence-corrected chi connectivity index (χ0v) is 13.9. The SMILES string of the molecule is CCn1cnnc1CCNC(=O)CN1CCOc2ccccc2C1. The number of para-hydroxylation sites is 1. The van der Waals surface area contributed by atoms with E-state index in [4.69, 9.17) is 4.74 Å². The molecule has 3 rings (SSSR count). The van der Waals surface area contributed by atoms with E-state index in [2.05, 4.69) is 20.4 Å². The highest BCUT2D eigenvalue weighted by atomic mass is 16.5. The highest BCUT2D eigenvalue weighted by Crippen LogP contribution is 2.22. The molecule has 0 unspecified atom stereocenters. The Morgan fingerprint density at radius 3 is 3.12 bits per heavy atom. The topological polar surface area (TPSA) is 72.3 Å². The lowest BCUT2D eigenvalue weighted by atomic mass is 10.2. The zero-order chi connectivity index (χ0) is 16.8. The monoisotopic (exact) mass is 329 g/mol. The molecule has 0 atom stereocenters. The molecule has 0 saturated heterocycles. The standard InChI is InChI=1S/C17H23N5O2/c1-2-22-13-19-20-16(22)7-8-18-17(23)12-21-9-10-24-15-6-4-3-5-14(15)11-21/h3-6,13H,2,7-12H2,1H3,(H,18,23). The van der Waals surface area contributed by atoms with E-state index >= 15 is 0 Å². The summed E-state index contributed by atoms with van der Waals surface area (Å²) < 4.78 is 7.71. The summed E-state index contributed by atoms with van der Waals surface area (Å²) in [5.41, 5.74) is 1.12. The van der Waals surface area contributed by atoms with Crippen LogP contribution in [0.4, 0.5) is 0 Å². The molecule has 1 aromatic heterocycles. The van der Waals surface area contributed by atoms with Gasteiger partial charge in [-0.05, 0) is 13.0 Å². The van der Waals surface area contributed by atoms with Crippen molar-refractivity contribution in [3.63, 3.8) is 0 Å². The molecule has 1 N–H and O–H groups in total. The molecule has 0 fully saturated rings. The predicted molar refractivity (Wildman–Crippen MR) is 89.6 cm³/mol. The number of hydrogen-bond acceptors (Lipinski definition) is 5. The molecule has 2 aromatic rings. The maximum Gasteiger partial charge on any atom is 0.234 e. The fourth-order valence-corrected chi connectivity index (χ4v) is 2.82. The molecule has 0 spiro atoms. The van der Waals surface area contributed by atoms with Crippen LogP contribution in [0.2, 0.25) is 0 Å². The van der Waals surface area contributed by atoms with Gasteiger partial charge in [0.1, 0.15) is 24.5 Å². The number of aryl methyl sites for hydroxylation is 1. The Morgan fingerprint density at radius 2 is 2.25 bits per heavy atom. The quantitative estimate of drug-likeness (QED) is 0.851. The number of aromatic nitrogens is 3. The number of carbonyl (C=O) groups is 1. The highest BCUT2D eigenvalue weighted by molar-refractivity contribution is 5.78. The van der Waals surface area contributed by atoms with Crippen LogP contribution in [-0.2, 0) is 24.3 Å². The van der Waals surface area contributed by atoms with Crippen molar-refractivity contribution in [1.29, 1.82) is 0 Å². The summed E-state index contributed by atoms with van der Waals surface area (Å²) in [7, 11) is 0. The molecule has 1 aromatic carbocycles. The lowest BCUT2D eigenvalue weighted by Gasteiger charge is -2.18. The second kappa shape index (κ2) is 7.92. The van der Waals surface area contributed by atoms with Crippen LogP contribution in [0.15, 0.2) is 30.6 Å². The van der Waals surface area contributed by atoms with Crippen LogP contribution in [-0.4, -0.2) is 51.8 Å². The third-order valence-corrected chi connectivity index (χ3v) is 4.11. The van der Waals surface area contributed by atoms with Gasteiger partial charge in [-0.15, -0.1) is 10.2 Å². The number of nitrogens with one attached hydrogen (secondary N) is 1. The lowest BCUT2D eigenvalue weighted by molar-refractivity contribution is -0.122. The van der Waals surface area contributed by atoms with E-state index in [1.165, 1.54) is 0 Å². The van der Waals surface area contributed by atoms with E-state index in [-0.39, 0.29) is 5.91 Å². The Morgan fingerprint density at radius 1 is 1.38 bits per heavy atom. The largest absolute Gasteiger partial charge is 0.492 e. The molecular formula is C17H23N5O2. The van der Waals surface area contributed by atoms with Gasteiger partial charge in [0.25, 0.3) is 0 Å². The van der Waals surface area contributed by atoms with Gasteiger partial charge in [-0.25, -0.2) is 0 Å². The second-order valence-electron chi connectivity index (χ2n) is 5.80. The van der Waals surface area contributed by atoms with E-state index in [1.807, 2.05) is 35.8 Å². The average molecular weight is 329 g/mol. The average Bonchev–Trinajstić information content (AvgIpc) is 2.94. The molecular weight excluding hydrogens is 306 g/mol. The van der Waals surface area contributed by atoms with Crippen molar-refractivity contribution < 1.29 is 9.53 Å². The smallest absolute Gasteiger partial charge is 0.234 e. The number of nitrogens with zero attached hydrogens (tertiary/aromatic N) is 4. The van der Waals surface area contributed by atoms with Gasteiger partial charge in [0.05, 0.1) is 6.54 Å². The van der Waals surface area contributed by atoms with Gasteiger partial charge >= 0.3 is 0 Å². The number of ether oxygens (including phenoxy) is 1. The minimum atomic E-state index is 0.0249. The molecule has 0 aliphatic carbocycles. The number of fused-ring (bicyclic) bond motifs is 1. The first-order chi connectivity index (χ1) is 11.8. The fraction of sp³-hybridized carbons (Fsp3) is 0.471. The Balaban J connectivity index is 1.47. The van der Waals surface area contributed by atoms with E-state index < -0.39 is 0 Å². The van der Waals surface area contributed by atoms with E-state index in [9.17, 15) is 4.79 Å². The third-order valence-electron chi connectivity index (χ3n) is 4.11. The van der Waals surface area contributed by atoms with Crippen LogP contribution in [0.1, 0.15) is 18.3 Å². The minimum Gasteiger partial charge on any atom is -0.492 e. The first kappa shape index (κ1) is 16.4. The Hall–Kier alpha value is -2.41. The molecule has 0 saturated carbocycles. The highest BCUT2D eigenvalue weighted by Gasteiger charge is 2.17. The summed E-state index contributed by atoms with van der Waals surface area (Å²) in [6.07, 6.45) is 2.40. The predicted octanol–water partition coefficient (Wildman–Crippen LogP) is 0.851. The summed E-state index contributed by atoms with van der Waals surface area (Å²) in [6, 6.07) is 7.98. The summed E-state index contributed by atoms with van der Waals surface area (Å²) >= 11 is 0. The number of hydrogen-bond donors (Lipinski definition) is 1. The Kier molecular flexibility index (Phi) is 5.43. The van der Waals surface area contributed by atoms with Crippen LogP contribution < -0.4 is 10.1 Å². The fourth-order valence-electron chi connectivity index (χ4n) is 2.82. The molecule has 1 aliphatic heterocycles. The zero-order valence-electron chi connectivity index (χ0n) is 13.9. The maximum absolute atomic E-state index is 12.2. The maximum atomic E-state index is 12.2. The summed E-state index contributed by atoms with van der Waals surface area (Å²) in [5, 5.41) is 10.9. The molecule has 0 radical (unpaired) electrons. The first-order valence-electron chi connectivity index (χ1n) is 8.32. The normalized spacial score (nSPS) is 14.5. The van der Waals surface area contributed by atoms with E-state index in [0.717, 1.165) is 36.8 Å². The number of rotatable bonds is 6. The molecule has 24 heavy (non-hydrogen) atoms. The number of carbonyl (C=O) groups excluding carboxylic acids is 1. The van der Waals surface area contributed by atoms with Crippen molar-refractivity contribution in [2.45, 2.75) is 26.4 Å². The number of amides is 1. The van der Waals surface area contributed by atoms with E-state index in [1.54, 1.807) is 6.33 Å². The van der Waals surface area contributed by atoms with Crippen molar-refractivity contribution >= 4 is 5.91 Å². The van der Waals surface area contributed by atoms with Gasteiger partial charge in [0.2, 0.25) is 5.91 Å². The van der Waals surface area contributed by atoms with Crippen molar-refractivity contribution in [3.8, 4) is 5.75 Å². The van der Waals surface area contributed by atoms with Crippen molar-refractivity contribution in [2.75, 3.05) is 26.2 Å². The van der Waals surface area contributed by atoms with Crippen LogP contribution >= 0.6 is 0 Å². The molecule has 1 amide bonds. The van der Waals surface area contributed by atoms with Gasteiger partial charge in [-0.1, -0.05) is 18.2 Å². The van der Waals surface area contributed by atoms with Crippen molar-refractivity contribution in [1.82, 2.24) is 25.0 Å². The first-order valence-corrected chi connectivity index (χ1v) is 8.32. The molecule has 1 aliphatic rings. The summed E-state index contributed by atoms with van der Waals surface area (Å²) in [6.45, 7) is 5.90. The summed E-state index contributed by atoms with van der Waals surface area (Å²) in [5.74, 6) is 1.84. The van der Waals surface area contributed by atoms with Crippen LogP contribution in [0.5, 0.6) is 5.75 Å². The molecule has 128 valence electrons. The van der Waals surface area contributed by atoms with Gasteiger partial charge in [-0.3, -0.25) is 9.69 Å². The van der Waals surface area contributed by atoms with Gasteiger partial charge in [0.15, 0.2) is 0 Å². The van der Waals surface area contributed by atoms with Crippen LogP contribution in [0, 0.1) is 0 Å². The Bertz CT molecular complexity index is 685. The summed E-state index contributed by atoms with van der Waals surface area (Å²) in [4.78, 5) is 14.3. The number of benzene rings is 1. The van der Waals surface area contributed by atoms with Crippen molar-refractivity contribution in [2.24, 2.45) is 0 Å². The molecule has 0 bridgehead atoms. The third kappa shape index (κ3) is 4.11. The van der Waals surface area contributed by atoms with Gasteiger partial charge in [0, 0.05) is 38.2 Å². The van der Waals surface area contributed by atoms with Gasteiger partial charge < -0.3 is 14.6 Å². The molecule has 2 heterocycles. The van der Waals surface area contributed by atoms with E-state index in [0.29, 0.717) is 26.1 Å². The second-order valence-corrected chi connectivity index (χ2v) is 5.80. The minimum absolute atomic E-state index is 0.0249. The van der Waals surface area contributed by atoms with Crippen LogP contribution in [0.3, 0.4) is 0 Å². The lowest BCUT2D eigenvalue weighted by Crippen LogP contribution is -2.38.